The van der Waals surface area contributed by atoms with Gasteiger partial charge in [-0.25, -0.2) is 4.79 Å². The summed E-state index contributed by atoms with van der Waals surface area (Å²) in [5.74, 6) is 0.421. The Bertz CT molecular complexity index is 1290. The average molecular weight is 473 g/mol. The van der Waals surface area contributed by atoms with Crippen molar-refractivity contribution >= 4 is 17.6 Å². The lowest BCUT2D eigenvalue weighted by atomic mass is 10.2. The predicted octanol–water partition coefficient (Wildman–Crippen LogP) is 4.20. The number of hydrogen-bond acceptors (Lipinski definition) is 8. The first kappa shape index (κ1) is 23.5. The van der Waals surface area contributed by atoms with E-state index in [0.29, 0.717) is 29.4 Å². The van der Waals surface area contributed by atoms with Gasteiger partial charge >= 0.3 is 5.97 Å². The molecule has 0 saturated carbocycles. The lowest BCUT2D eigenvalue weighted by molar-refractivity contribution is -0.115. The molecule has 0 radical (unpaired) electrons. The smallest absolute Gasteiger partial charge is 0.338 e. The maximum absolute atomic E-state index is 12.4. The first-order chi connectivity index (χ1) is 17.1. The van der Waals surface area contributed by atoms with E-state index in [4.69, 9.17) is 18.7 Å². The van der Waals surface area contributed by atoms with Crippen LogP contribution in [0.4, 0.5) is 5.69 Å². The van der Waals surface area contributed by atoms with Crippen LogP contribution >= 0.6 is 0 Å². The van der Waals surface area contributed by atoms with E-state index in [1.54, 1.807) is 48.5 Å². The Labute approximate surface area is 201 Å². The summed E-state index contributed by atoms with van der Waals surface area (Å²) in [5.41, 5.74) is 1.88. The van der Waals surface area contributed by atoms with Crippen molar-refractivity contribution in [3.05, 3.63) is 102 Å². The molecule has 0 fully saturated rings. The molecule has 0 unspecified atom stereocenters. The Morgan fingerprint density at radius 1 is 0.943 bits per heavy atom. The number of carbonyl (C=O) groups excluding carboxylic acids is 2. The number of anilines is 1. The second-order valence-electron chi connectivity index (χ2n) is 7.41. The Morgan fingerprint density at radius 2 is 1.74 bits per heavy atom. The van der Waals surface area contributed by atoms with Crippen molar-refractivity contribution < 1.29 is 28.3 Å². The highest BCUT2D eigenvalue weighted by atomic mass is 16.6. The van der Waals surface area contributed by atoms with Gasteiger partial charge in [-0.2, -0.15) is 4.98 Å². The zero-order valence-electron chi connectivity index (χ0n) is 19.0. The monoisotopic (exact) mass is 473 g/mol. The minimum Gasteiger partial charge on any atom is -0.495 e. The largest absolute Gasteiger partial charge is 0.495 e. The molecule has 9 heteroatoms. The van der Waals surface area contributed by atoms with Gasteiger partial charge in [0.2, 0.25) is 5.91 Å². The van der Waals surface area contributed by atoms with Crippen LogP contribution in [0.3, 0.4) is 0 Å². The Morgan fingerprint density at radius 3 is 2.57 bits per heavy atom. The molecule has 178 valence electrons. The molecule has 1 aromatic heterocycles. The molecular formula is C26H23N3O6. The lowest BCUT2D eigenvalue weighted by Crippen LogP contribution is -2.15. The van der Waals surface area contributed by atoms with Gasteiger partial charge in [0.05, 0.1) is 24.8 Å². The van der Waals surface area contributed by atoms with E-state index in [9.17, 15) is 9.59 Å². The van der Waals surface area contributed by atoms with Crippen LogP contribution in [0.5, 0.6) is 11.5 Å². The van der Waals surface area contributed by atoms with E-state index in [2.05, 4.69) is 15.5 Å². The molecule has 0 aliphatic rings. The molecule has 0 saturated heterocycles. The highest BCUT2D eigenvalue weighted by Crippen LogP contribution is 2.23. The predicted molar refractivity (Wildman–Crippen MR) is 126 cm³/mol. The number of esters is 1. The van der Waals surface area contributed by atoms with Crippen molar-refractivity contribution in [3.63, 3.8) is 0 Å². The van der Waals surface area contributed by atoms with Crippen LogP contribution in [-0.4, -0.2) is 29.1 Å². The zero-order valence-corrected chi connectivity index (χ0v) is 19.0. The second-order valence-corrected chi connectivity index (χ2v) is 7.41. The number of nitrogens with one attached hydrogen (secondary N) is 1. The average Bonchev–Trinajstić information content (AvgIpc) is 3.34. The minimum atomic E-state index is -0.566. The normalized spacial score (nSPS) is 10.4. The van der Waals surface area contributed by atoms with Crippen molar-refractivity contribution in [1.29, 1.82) is 0 Å². The van der Waals surface area contributed by atoms with Crippen molar-refractivity contribution in [2.45, 2.75) is 19.6 Å². The summed E-state index contributed by atoms with van der Waals surface area (Å²) in [6.07, 6.45) is -0.115. The number of rotatable bonds is 10. The fourth-order valence-electron chi connectivity index (χ4n) is 3.17. The summed E-state index contributed by atoms with van der Waals surface area (Å²) >= 11 is 0. The Kier molecular flexibility index (Phi) is 7.70. The third kappa shape index (κ3) is 6.67. The quantitative estimate of drug-likeness (QED) is 0.341. The number of ether oxygens (including phenoxy) is 3. The van der Waals surface area contributed by atoms with Crippen LogP contribution in [0, 0.1) is 0 Å². The van der Waals surface area contributed by atoms with E-state index in [1.165, 1.54) is 7.11 Å². The first-order valence-corrected chi connectivity index (χ1v) is 10.8. The van der Waals surface area contributed by atoms with Crippen LogP contribution in [0.2, 0.25) is 0 Å². The van der Waals surface area contributed by atoms with Crippen molar-refractivity contribution in [2.75, 3.05) is 12.4 Å². The third-order valence-electron chi connectivity index (χ3n) is 4.85. The number of amides is 1. The molecule has 0 aliphatic heterocycles. The zero-order chi connectivity index (χ0) is 24.5. The number of nitrogens with zero attached hydrogens (tertiary/aromatic N) is 2. The van der Waals surface area contributed by atoms with Gasteiger partial charge in [0.25, 0.3) is 5.89 Å². The van der Waals surface area contributed by atoms with Gasteiger partial charge in [-0.1, -0.05) is 53.7 Å². The van der Waals surface area contributed by atoms with Crippen molar-refractivity contribution in [3.8, 4) is 11.5 Å². The first-order valence-electron chi connectivity index (χ1n) is 10.8. The Balaban J connectivity index is 1.27. The van der Waals surface area contributed by atoms with Crippen LogP contribution in [0.1, 0.15) is 27.6 Å². The maximum Gasteiger partial charge on any atom is 0.338 e. The molecule has 0 atom stereocenters. The van der Waals surface area contributed by atoms with Gasteiger partial charge < -0.3 is 24.1 Å². The third-order valence-corrected chi connectivity index (χ3v) is 4.85. The molecular weight excluding hydrogens is 450 g/mol. The topological polar surface area (TPSA) is 113 Å². The maximum atomic E-state index is 12.4. The fraction of sp³-hybridized carbons (Fsp3) is 0.154. The summed E-state index contributed by atoms with van der Waals surface area (Å²) in [4.78, 5) is 28.9. The molecule has 4 rings (SSSR count). The van der Waals surface area contributed by atoms with Crippen LogP contribution in [0.15, 0.2) is 83.4 Å². The highest BCUT2D eigenvalue weighted by molar-refractivity contribution is 5.93. The summed E-state index contributed by atoms with van der Waals surface area (Å²) < 4.78 is 21.3. The summed E-state index contributed by atoms with van der Waals surface area (Å²) in [6, 6.07) is 23.5. The molecule has 1 heterocycles. The molecule has 0 bridgehead atoms. The molecule has 0 aliphatic carbocycles. The van der Waals surface area contributed by atoms with Gasteiger partial charge in [0, 0.05) is 0 Å². The van der Waals surface area contributed by atoms with E-state index >= 15 is 0 Å². The van der Waals surface area contributed by atoms with Gasteiger partial charge in [-0.3, -0.25) is 4.79 Å². The van der Waals surface area contributed by atoms with Crippen LogP contribution < -0.4 is 14.8 Å². The standard InChI is InChI=1S/C26H23N3O6/c1-32-22-13-6-5-12-21(22)27-24(30)15-23-28-25(35-29-23)17-34-26(31)19-10-7-11-20(14-19)33-16-18-8-3-2-4-9-18/h2-14H,15-17H2,1H3,(H,27,30). The number of hydrogen-bond donors (Lipinski definition) is 1. The van der Waals surface area contributed by atoms with E-state index < -0.39 is 5.97 Å². The van der Waals surface area contributed by atoms with Gasteiger partial charge in [0.1, 0.15) is 18.1 Å². The number of methoxy groups -OCH3 is 1. The number of carbonyl (C=O) groups is 2. The SMILES string of the molecule is COc1ccccc1NC(=O)Cc1noc(COC(=O)c2cccc(OCc3ccccc3)c2)n1. The van der Waals surface area contributed by atoms with Crippen molar-refractivity contribution in [2.24, 2.45) is 0 Å². The molecule has 35 heavy (non-hydrogen) atoms. The molecule has 3 aromatic carbocycles. The number of benzene rings is 3. The van der Waals surface area contributed by atoms with Crippen molar-refractivity contribution in [1.82, 2.24) is 10.1 Å². The van der Waals surface area contributed by atoms with Gasteiger partial charge in [-0.05, 0) is 35.9 Å². The fourth-order valence-corrected chi connectivity index (χ4v) is 3.17. The van der Waals surface area contributed by atoms with Crippen LogP contribution in [-0.2, 0) is 29.2 Å². The molecule has 0 spiro atoms. The Hall–Kier alpha value is -4.66. The van der Waals surface area contributed by atoms with E-state index in [0.717, 1.165) is 5.56 Å². The molecule has 1 N–H and O–H groups in total. The van der Waals surface area contributed by atoms with Crippen LogP contribution in [0.25, 0.3) is 0 Å². The summed E-state index contributed by atoms with van der Waals surface area (Å²) in [7, 11) is 1.52. The highest BCUT2D eigenvalue weighted by Gasteiger charge is 2.15. The van der Waals surface area contributed by atoms with E-state index in [1.807, 2.05) is 30.3 Å². The summed E-state index contributed by atoms with van der Waals surface area (Å²) in [6.45, 7) is 0.157. The van der Waals surface area contributed by atoms with E-state index in [-0.39, 0.29) is 30.7 Å². The van der Waals surface area contributed by atoms with Gasteiger partial charge in [0.15, 0.2) is 12.4 Å². The lowest BCUT2D eigenvalue weighted by Gasteiger charge is -2.08. The second kappa shape index (κ2) is 11.5. The van der Waals surface area contributed by atoms with Gasteiger partial charge in [-0.15, -0.1) is 0 Å². The minimum absolute atomic E-state index is 0.0786. The number of para-hydroxylation sites is 2. The number of aromatic nitrogens is 2. The molecule has 9 nitrogen and oxygen atoms in total. The molecule has 1 amide bonds. The summed E-state index contributed by atoms with van der Waals surface area (Å²) in [5, 5.41) is 6.50. The molecule has 4 aromatic rings.